The molecule has 0 aliphatic heterocycles. The van der Waals surface area contributed by atoms with E-state index in [1.54, 1.807) is 0 Å². The van der Waals surface area contributed by atoms with Gasteiger partial charge in [0, 0.05) is 38.3 Å². The molecule has 7 heteroatoms. The van der Waals surface area contributed by atoms with Crippen LogP contribution in [0.3, 0.4) is 0 Å². The number of anilines is 3. The van der Waals surface area contributed by atoms with E-state index in [9.17, 15) is 4.79 Å². The normalized spacial score (nSPS) is 10.7. The molecule has 1 heterocycles. The number of carbonyl (C=O) groups excluding carboxylic acids is 1. The maximum atomic E-state index is 13.0. The van der Waals surface area contributed by atoms with E-state index >= 15 is 0 Å². The van der Waals surface area contributed by atoms with E-state index < -0.39 is 0 Å². The van der Waals surface area contributed by atoms with Gasteiger partial charge < -0.3 is 19.9 Å². The summed E-state index contributed by atoms with van der Waals surface area (Å²) in [7, 11) is 0. The molecule has 194 valence electrons. The second-order valence-corrected chi connectivity index (χ2v) is 8.83. The van der Waals surface area contributed by atoms with E-state index in [1.165, 1.54) is 12.0 Å². The summed E-state index contributed by atoms with van der Waals surface area (Å²) in [5.41, 5.74) is 1.84. The molecular weight excluding hydrogens is 438 g/mol. The van der Waals surface area contributed by atoms with Gasteiger partial charge in [0.25, 0.3) is 0 Å². The maximum absolute atomic E-state index is 13.0. The Morgan fingerprint density at radius 3 is 2.14 bits per heavy atom. The first-order chi connectivity index (χ1) is 17.1. The minimum atomic E-state index is -0.0188. The highest BCUT2D eigenvalue weighted by Gasteiger charge is 2.20. The number of carbonyl (C=O) groups is 1. The van der Waals surface area contributed by atoms with Gasteiger partial charge >= 0.3 is 0 Å². The van der Waals surface area contributed by atoms with Gasteiger partial charge in [0.2, 0.25) is 11.8 Å². The zero-order chi connectivity index (χ0) is 25.3. The van der Waals surface area contributed by atoms with Crippen molar-refractivity contribution in [2.75, 3.05) is 47.9 Å². The molecule has 0 saturated carbocycles. The van der Waals surface area contributed by atoms with Crippen LogP contribution in [0.4, 0.5) is 17.2 Å². The number of aromatic nitrogens is 2. The number of benzene rings is 1. The number of unbranched alkanes of at least 4 members (excludes halogenated alkanes) is 3. The Bertz CT molecular complexity index is 838. The molecule has 2 aromatic rings. The van der Waals surface area contributed by atoms with Crippen LogP contribution in [-0.2, 0) is 4.79 Å². The molecule has 0 radical (unpaired) electrons. The molecule has 1 aromatic carbocycles. The molecule has 1 amide bonds. The number of nitrogens with one attached hydrogen (secondary N) is 1. The SMILES string of the molecule is CCCCN(CCCC)c1ncnc(OCC)c1NC(=O)CCCCN(CCC)c1ccccc1. The lowest BCUT2D eigenvalue weighted by atomic mass is 10.2. The second-order valence-electron chi connectivity index (χ2n) is 8.83. The Kier molecular flexibility index (Phi) is 13.6. The predicted molar refractivity (Wildman–Crippen MR) is 147 cm³/mol. The summed E-state index contributed by atoms with van der Waals surface area (Å²) in [5, 5.41) is 3.10. The quantitative estimate of drug-likeness (QED) is 0.251. The standard InChI is InChI=1S/C28H45N5O2/c1-5-9-20-33(21-10-6-2)27-26(28(35-8-4)30-23-29-27)31-25(34)18-14-15-22-32(19-7-3)24-16-12-11-13-17-24/h11-13,16-17,23H,5-10,14-15,18-22H2,1-4H3,(H,31,34). The van der Waals surface area contributed by atoms with Crippen LogP contribution >= 0.6 is 0 Å². The van der Waals surface area contributed by atoms with E-state index in [-0.39, 0.29) is 5.91 Å². The lowest BCUT2D eigenvalue weighted by Gasteiger charge is -2.26. The number of rotatable bonds is 18. The van der Waals surface area contributed by atoms with Gasteiger partial charge in [-0.2, -0.15) is 4.98 Å². The van der Waals surface area contributed by atoms with Crippen LogP contribution in [0.1, 0.15) is 79.1 Å². The van der Waals surface area contributed by atoms with Crippen molar-refractivity contribution < 1.29 is 9.53 Å². The van der Waals surface area contributed by atoms with Crippen molar-refractivity contribution in [1.29, 1.82) is 0 Å². The van der Waals surface area contributed by atoms with Crippen LogP contribution in [0.5, 0.6) is 5.88 Å². The largest absolute Gasteiger partial charge is 0.476 e. The minimum absolute atomic E-state index is 0.0188. The molecule has 0 unspecified atom stereocenters. The lowest BCUT2D eigenvalue weighted by Crippen LogP contribution is -2.29. The van der Waals surface area contributed by atoms with Gasteiger partial charge in [-0.05, 0) is 51.2 Å². The van der Waals surface area contributed by atoms with E-state index in [4.69, 9.17) is 4.74 Å². The van der Waals surface area contributed by atoms with Crippen LogP contribution < -0.4 is 19.9 Å². The van der Waals surface area contributed by atoms with Crippen molar-refractivity contribution in [3.63, 3.8) is 0 Å². The van der Waals surface area contributed by atoms with Gasteiger partial charge in [0.05, 0.1) is 6.61 Å². The number of nitrogens with zero attached hydrogens (tertiary/aromatic N) is 4. The van der Waals surface area contributed by atoms with Crippen LogP contribution in [0, 0.1) is 0 Å². The van der Waals surface area contributed by atoms with Gasteiger partial charge in [0.1, 0.15) is 12.0 Å². The molecular formula is C28H45N5O2. The molecule has 1 N–H and O–H groups in total. The fourth-order valence-corrected chi connectivity index (χ4v) is 4.05. The first kappa shape index (κ1) is 28.4. The van der Waals surface area contributed by atoms with E-state index in [0.717, 1.165) is 76.9 Å². The van der Waals surface area contributed by atoms with Crippen molar-refractivity contribution in [2.24, 2.45) is 0 Å². The lowest BCUT2D eigenvalue weighted by molar-refractivity contribution is -0.116. The topological polar surface area (TPSA) is 70.6 Å². The molecule has 0 aliphatic carbocycles. The Hall–Kier alpha value is -2.83. The third-order valence-corrected chi connectivity index (χ3v) is 5.90. The van der Waals surface area contributed by atoms with Gasteiger partial charge in [-0.25, -0.2) is 4.98 Å². The first-order valence-electron chi connectivity index (χ1n) is 13.5. The molecule has 2 rings (SSSR count). The maximum Gasteiger partial charge on any atom is 0.243 e. The van der Waals surface area contributed by atoms with E-state index in [0.29, 0.717) is 24.6 Å². The van der Waals surface area contributed by atoms with Gasteiger partial charge in [-0.15, -0.1) is 0 Å². The number of hydrogen-bond acceptors (Lipinski definition) is 6. The van der Waals surface area contributed by atoms with Crippen molar-refractivity contribution in [1.82, 2.24) is 9.97 Å². The molecule has 35 heavy (non-hydrogen) atoms. The second kappa shape index (κ2) is 16.7. The van der Waals surface area contributed by atoms with Crippen molar-refractivity contribution in [2.45, 2.75) is 79.1 Å². The van der Waals surface area contributed by atoms with Crippen molar-refractivity contribution in [3.8, 4) is 5.88 Å². The summed E-state index contributed by atoms with van der Waals surface area (Å²) in [5.74, 6) is 1.19. The molecule has 0 fully saturated rings. The third kappa shape index (κ3) is 9.74. The van der Waals surface area contributed by atoms with Gasteiger partial charge in [-0.1, -0.05) is 51.8 Å². The smallest absolute Gasteiger partial charge is 0.243 e. The number of para-hydroxylation sites is 1. The highest BCUT2D eigenvalue weighted by molar-refractivity contribution is 5.95. The van der Waals surface area contributed by atoms with E-state index in [2.05, 4.69) is 70.1 Å². The zero-order valence-electron chi connectivity index (χ0n) is 22.3. The minimum Gasteiger partial charge on any atom is -0.476 e. The monoisotopic (exact) mass is 483 g/mol. The van der Waals surface area contributed by atoms with Crippen LogP contribution in [-0.4, -0.2) is 48.7 Å². The van der Waals surface area contributed by atoms with Crippen LogP contribution in [0.2, 0.25) is 0 Å². The van der Waals surface area contributed by atoms with Gasteiger partial charge in [0.15, 0.2) is 5.82 Å². The van der Waals surface area contributed by atoms with Crippen molar-refractivity contribution in [3.05, 3.63) is 36.7 Å². The Morgan fingerprint density at radius 1 is 0.829 bits per heavy atom. The highest BCUT2D eigenvalue weighted by atomic mass is 16.5. The molecule has 0 aliphatic rings. The average Bonchev–Trinajstić information content (AvgIpc) is 2.88. The predicted octanol–water partition coefficient (Wildman–Crippen LogP) is 6.31. The van der Waals surface area contributed by atoms with Crippen LogP contribution in [0.25, 0.3) is 0 Å². The molecule has 0 atom stereocenters. The molecule has 0 saturated heterocycles. The summed E-state index contributed by atoms with van der Waals surface area (Å²) in [6, 6.07) is 10.5. The van der Waals surface area contributed by atoms with Crippen LogP contribution in [0.15, 0.2) is 36.7 Å². The Balaban J connectivity index is 2.03. The van der Waals surface area contributed by atoms with Gasteiger partial charge in [-0.3, -0.25) is 4.79 Å². The molecule has 0 spiro atoms. The number of hydrogen-bond donors (Lipinski definition) is 1. The summed E-state index contributed by atoms with van der Waals surface area (Å²) < 4.78 is 5.77. The summed E-state index contributed by atoms with van der Waals surface area (Å²) in [4.78, 5) is 26.5. The van der Waals surface area contributed by atoms with Crippen molar-refractivity contribution >= 4 is 23.1 Å². The fraction of sp³-hybridized carbons (Fsp3) is 0.607. The van der Waals surface area contributed by atoms with E-state index in [1.807, 2.05) is 13.0 Å². The average molecular weight is 484 g/mol. The Labute approximate surface area is 212 Å². The first-order valence-corrected chi connectivity index (χ1v) is 13.5. The summed E-state index contributed by atoms with van der Waals surface area (Å²) in [6.07, 6.45) is 9.21. The molecule has 0 bridgehead atoms. The fourth-order valence-electron chi connectivity index (χ4n) is 4.05. The molecule has 1 aromatic heterocycles. The third-order valence-electron chi connectivity index (χ3n) is 5.90. The summed E-state index contributed by atoms with van der Waals surface area (Å²) >= 11 is 0. The molecule has 7 nitrogen and oxygen atoms in total. The number of ether oxygens (including phenoxy) is 1. The zero-order valence-corrected chi connectivity index (χ0v) is 22.3. The number of amides is 1. The Morgan fingerprint density at radius 2 is 1.51 bits per heavy atom. The summed E-state index contributed by atoms with van der Waals surface area (Å²) in [6.45, 7) is 12.7. The highest BCUT2D eigenvalue weighted by Crippen LogP contribution is 2.32.